The SMILES string of the molecule is CCOC(=O)C1=C(COC(=O)[C@@H](NC(=O)c2ccco2)C(C)C)NC(=O)N[C@H]1CC. The zero-order chi connectivity index (χ0) is 22.3. The van der Waals surface area contributed by atoms with Crippen LogP contribution in [-0.4, -0.2) is 49.2 Å². The standard InChI is InChI=1S/C20H27N3O7/c1-5-12-15(18(25)28-6-2)13(22-20(27)21-12)10-30-19(26)16(11(3)4)23-17(24)14-8-7-9-29-14/h7-9,11-12,16H,5-6,10H2,1-4H3,(H,23,24)(H2,21,22,27)/t12-,16-/m0/s1. The van der Waals surface area contributed by atoms with Crippen molar-refractivity contribution < 1.29 is 33.1 Å². The molecular weight excluding hydrogens is 394 g/mol. The minimum atomic E-state index is -0.950. The van der Waals surface area contributed by atoms with Crippen LogP contribution < -0.4 is 16.0 Å². The molecule has 0 radical (unpaired) electrons. The number of ether oxygens (including phenoxy) is 2. The molecule has 1 aromatic heterocycles. The predicted octanol–water partition coefficient (Wildman–Crippen LogP) is 1.49. The van der Waals surface area contributed by atoms with Gasteiger partial charge < -0.3 is 29.8 Å². The number of esters is 2. The van der Waals surface area contributed by atoms with E-state index in [1.165, 1.54) is 12.3 Å². The van der Waals surface area contributed by atoms with Gasteiger partial charge in [-0.05, 0) is 31.4 Å². The number of furan rings is 1. The van der Waals surface area contributed by atoms with Crippen LogP contribution in [-0.2, 0) is 19.1 Å². The number of hydrogen-bond donors (Lipinski definition) is 3. The lowest BCUT2D eigenvalue weighted by atomic mass is 10.0. The summed E-state index contributed by atoms with van der Waals surface area (Å²) in [4.78, 5) is 49.1. The van der Waals surface area contributed by atoms with Crippen molar-refractivity contribution in [3.05, 3.63) is 35.4 Å². The number of amides is 3. The Morgan fingerprint density at radius 2 is 1.97 bits per heavy atom. The van der Waals surface area contributed by atoms with Crippen LogP contribution >= 0.6 is 0 Å². The highest BCUT2D eigenvalue weighted by molar-refractivity contribution is 5.95. The Hall–Kier alpha value is -3.30. The maximum Gasteiger partial charge on any atom is 0.338 e. The first-order valence-electron chi connectivity index (χ1n) is 9.77. The first kappa shape index (κ1) is 23.0. The van der Waals surface area contributed by atoms with Gasteiger partial charge in [-0.3, -0.25) is 4.79 Å². The van der Waals surface area contributed by atoms with E-state index in [-0.39, 0.29) is 36.2 Å². The Morgan fingerprint density at radius 3 is 2.53 bits per heavy atom. The van der Waals surface area contributed by atoms with Crippen molar-refractivity contribution in [2.75, 3.05) is 13.2 Å². The van der Waals surface area contributed by atoms with Crippen LogP contribution in [0.1, 0.15) is 44.7 Å². The fraction of sp³-hybridized carbons (Fsp3) is 0.500. The summed E-state index contributed by atoms with van der Waals surface area (Å²) >= 11 is 0. The molecule has 30 heavy (non-hydrogen) atoms. The van der Waals surface area contributed by atoms with Gasteiger partial charge in [0, 0.05) is 0 Å². The molecule has 1 aliphatic heterocycles. The molecule has 0 aromatic carbocycles. The second kappa shape index (κ2) is 10.5. The molecule has 0 bridgehead atoms. The summed E-state index contributed by atoms with van der Waals surface area (Å²) in [5.41, 5.74) is 0.352. The lowest BCUT2D eigenvalue weighted by Gasteiger charge is -2.28. The molecule has 0 saturated carbocycles. The number of nitrogens with one attached hydrogen (secondary N) is 3. The predicted molar refractivity (Wildman–Crippen MR) is 105 cm³/mol. The monoisotopic (exact) mass is 421 g/mol. The van der Waals surface area contributed by atoms with E-state index in [1.54, 1.807) is 33.8 Å². The van der Waals surface area contributed by atoms with Crippen LogP contribution in [0.25, 0.3) is 0 Å². The Bertz CT molecular complexity index is 814. The summed E-state index contributed by atoms with van der Waals surface area (Å²) in [7, 11) is 0. The Morgan fingerprint density at radius 1 is 1.23 bits per heavy atom. The van der Waals surface area contributed by atoms with Gasteiger partial charge >= 0.3 is 18.0 Å². The lowest BCUT2D eigenvalue weighted by Crippen LogP contribution is -2.51. The van der Waals surface area contributed by atoms with Crippen LogP contribution in [0.4, 0.5) is 4.79 Å². The maximum absolute atomic E-state index is 12.6. The summed E-state index contributed by atoms with van der Waals surface area (Å²) in [6.07, 6.45) is 1.80. The quantitative estimate of drug-likeness (QED) is 0.514. The van der Waals surface area contributed by atoms with Crippen molar-refractivity contribution in [3.63, 3.8) is 0 Å². The number of hydrogen-bond acceptors (Lipinski definition) is 7. The van der Waals surface area contributed by atoms with Crippen LogP contribution in [0.3, 0.4) is 0 Å². The first-order valence-corrected chi connectivity index (χ1v) is 9.77. The smallest absolute Gasteiger partial charge is 0.338 e. The summed E-state index contributed by atoms with van der Waals surface area (Å²) in [5.74, 6) is -2.07. The largest absolute Gasteiger partial charge is 0.463 e. The topological polar surface area (TPSA) is 136 Å². The molecule has 0 unspecified atom stereocenters. The number of carbonyl (C=O) groups is 4. The van der Waals surface area contributed by atoms with Crippen molar-refractivity contribution in [2.45, 2.75) is 46.2 Å². The fourth-order valence-corrected chi connectivity index (χ4v) is 2.93. The molecule has 2 heterocycles. The Balaban J connectivity index is 2.15. The average Bonchev–Trinajstić information content (AvgIpc) is 3.24. The maximum atomic E-state index is 12.6. The fourth-order valence-electron chi connectivity index (χ4n) is 2.93. The van der Waals surface area contributed by atoms with E-state index in [9.17, 15) is 19.2 Å². The third kappa shape index (κ3) is 5.62. The highest BCUT2D eigenvalue weighted by Crippen LogP contribution is 2.18. The van der Waals surface area contributed by atoms with Gasteiger partial charge in [0.25, 0.3) is 5.91 Å². The van der Waals surface area contributed by atoms with Gasteiger partial charge in [-0.1, -0.05) is 20.8 Å². The molecule has 164 valence electrons. The van der Waals surface area contributed by atoms with Crippen molar-refractivity contribution in [1.82, 2.24) is 16.0 Å². The number of urea groups is 1. The van der Waals surface area contributed by atoms with E-state index in [1.807, 2.05) is 0 Å². The molecule has 10 nitrogen and oxygen atoms in total. The van der Waals surface area contributed by atoms with Crippen LogP contribution in [0, 0.1) is 5.92 Å². The minimum Gasteiger partial charge on any atom is -0.463 e. The van der Waals surface area contributed by atoms with Gasteiger partial charge in [0.05, 0.1) is 30.2 Å². The minimum absolute atomic E-state index is 0.0668. The summed E-state index contributed by atoms with van der Waals surface area (Å²) in [6, 6.07) is 1.02. The van der Waals surface area contributed by atoms with Gasteiger partial charge in [0.1, 0.15) is 12.6 Å². The highest BCUT2D eigenvalue weighted by atomic mass is 16.5. The van der Waals surface area contributed by atoms with E-state index < -0.39 is 36.0 Å². The molecule has 0 fully saturated rings. The highest BCUT2D eigenvalue weighted by Gasteiger charge is 2.33. The third-order valence-electron chi connectivity index (χ3n) is 4.46. The van der Waals surface area contributed by atoms with Crippen molar-refractivity contribution in [2.24, 2.45) is 5.92 Å². The average molecular weight is 421 g/mol. The number of carbonyl (C=O) groups excluding carboxylic acids is 4. The first-order chi connectivity index (χ1) is 14.3. The molecule has 0 spiro atoms. The Labute approximate surface area is 174 Å². The molecular formula is C20H27N3O7. The normalized spacial score (nSPS) is 17.1. The van der Waals surface area contributed by atoms with Crippen LogP contribution in [0.5, 0.6) is 0 Å². The van der Waals surface area contributed by atoms with Crippen molar-refractivity contribution in [3.8, 4) is 0 Å². The molecule has 0 saturated heterocycles. The van der Waals surface area contributed by atoms with Crippen molar-refractivity contribution >= 4 is 23.9 Å². The zero-order valence-corrected chi connectivity index (χ0v) is 17.4. The molecule has 0 aliphatic carbocycles. The van der Waals surface area contributed by atoms with Gasteiger partial charge in [-0.2, -0.15) is 0 Å². The van der Waals surface area contributed by atoms with Crippen LogP contribution in [0.2, 0.25) is 0 Å². The Kier molecular flexibility index (Phi) is 8.02. The van der Waals surface area contributed by atoms with E-state index in [0.29, 0.717) is 6.42 Å². The van der Waals surface area contributed by atoms with Crippen LogP contribution in [0.15, 0.2) is 34.1 Å². The summed E-state index contributed by atoms with van der Waals surface area (Å²) in [5, 5.41) is 7.72. The molecule has 2 rings (SSSR count). The number of rotatable bonds is 9. The molecule has 1 aliphatic rings. The molecule has 10 heteroatoms. The van der Waals surface area contributed by atoms with E-state index in [0.717, 1.165) is 0 Å². The second-order valence-electron chi connectivity index (χ2n) is 6.95. The van der Waals surface area contributed by atoms with E-state index >= 15 is 0 Å². The molecule has 2 atom stereocenters. The third-order valence-corrected chi connectivity index (χ3v) is 4.46. The summed E-state index contributed by atoms with van der Waals surface area (Å²) in [6.45, 7) is 6.78. The van der Waals surface area contributed by atoms with Gasteiger partial charge in [0.15, 0.2) is 5.76 Å². The van der Waals surface area contributed by atoms with Gasteiger partial charge in [0.2, 0.25) is 0 Å². The van der Waals surface area contributed by atoms with Crippen molar-refractivity contribution in [1.29, 1.82) is 0 Å². The van der Waals surface area contributed by atoms with Gasteiger partial charge in [-0.25, -0.2) is 14.4 Å². The van der Waals surface area contributed by atoms with E-state index in [4.69, 9.17) is 13.9 Å². The second-order valence-corrected chi connectivity index (χ2v) is 6.95. The molecule has 3 N–H and O–H groups in total. The zero-order valence-electron chi connectivity index (χ0n) is 17.4. The molecule has 3 amide bonds. The lowest BCUT2D eigenvalue weighted by molar-refractivity contribution is -0.146. The molecule has 1 aromatic rings. The van der Waals surface area contributed by atoms with Gasteiger partial charge in [-0.15, -0.1) is 0 Å². The van der Waals surface area contributed by atoms with E-state index in [2.05, 4.69) is 16.0 Å². The summed E-state index contributed by atoms with van der Waals surface area (Å²) < 4.78 is 15.4.